The summed E-state index contributed by atoms with van der Waals surface area (Å²) < 4.78 is 0. The summed E-state index contributed by atoms with van der Waals surface area (Å²) in [7, 11) is 2.13. The molecule has 1 aliphatic carbocycles. The molecular formula is C14H19NO. The Balaban J connectivity index is 1.88. The summed E-state index contributed by atoms with van der Waals surface area (Å²) in [5.74, 6) is 1.13. The molecule has 0 radical (unpaired) electrons. The Bertz CT molecular complexity index is 337. The molecule has 0 aromatic heterocycles. The van der Waals surface area contributed by atoms with Crippen molar-refractivity contribution in [2.75, 3.05) is 18.5 Å². The van der Waals surface area contributed by atoms with Crippen molar-refractivity contribution in [2.45, 2.75) is 25.7 Å². The zero-order chi connectivity index (χ0) is 11.4. The Kier molecular flexibility index (Phi) is 3.60. The molecule has 0 aliphatic heterocycles. The van der Waals surface area contributed by atoms with E-state index in [0.29, 0.717) is 11.7 Å². The van der Waals surface area contributed by atoms with Crippen molar-refractivity contribution < 1.29 is 4.79 Å². The van der Waals surface area contributed by atoms with E-state index >= 15 is 0 Å². The van der Waals surface area contributed by atoms with Gasteiger partial charge in [-0.2, -0.15) is 0 Å². The molecule has 2 heteroatoms. The van der Waals surface area contributed by atoms with Crippen molar-refractivity contribution in [1.29, 1.82) is 0 Å². The first-order valence-corrected chi connectivity index (χ1v) is 6.03. The second-order valence-electron chi connectivity index (χ2n) is 4.70. The van der Waals surface area contributed by atoms with Crippen molar-refractivity contribution in [3.63, 3.8) is 0 Å². The van der Waals surface area contributed by atoms with Crippen LogP contribution in [0.15, 0.2) is 30.3 Å². The van der Waals surface area contributed by atoms with Gasteiger partial charge in [-0.3, -0.25) is 4.79 Å². The van der Waals surface area contributed by atoms with Gasteiger partial charge in [0.15, 0.2) is 0 Å². The van der Waals surface area contributed by atoms with E-state index in [9.17, 15) is 4.79 Å². The van der Waals surface area contributed by atoms with Crippen LogP contribution in [0.4, 0.5) is 5.69 Å². The number of ketones is 1. The standard InChI is InChI=1S/C14H19NO/c1-15(13-5-3-2-4-6-13)11-12-7-9-14(16)10-8-12/h2-6,12H,7-11H2,1H3. The first kappa shape index (κ1) is 11.2. The number of anilines is 1. The molecule has 1 aliphatic rings. The summed E-state index contributed by atoms with van der Waals surface area (Å²) in [5.41, 5.74) is 1.26. The second kappa shape index (κ2) is 5.15. The van der Waals surface area contributed by atoms with Crippen LogP contribution in [0.3, 0.4) is 0 Å². The zero-order valence-corrected chi connectivity index (χ0v) is 9.86. The lowest BCUT2D eigenvalue weighted by Gasteiger charge is -2.27. The minimum Gasteiger partial charge on any atom is -0.374 e. The summed E-state index contributed by atoms with van der Waals surface area (Å²) in [6.45, 7) is 1.07. The van der Waals surface area contributed by atoms with Gasteiger partial charge < -0.3 is 4.90 Å². The fraction of sp³-hybridized carbons (Fsp3) is 0.500. The molecule has 1 aromatic carbocycles. The van der Waals surface area contributed by atoms with Crippen LogP contribution in [0.1, 0.15) is 25.7 Å². The van der Waals surface area contributed by atoms with Crippen LogP contribution in [0.5, 0.6) is 0 Å². The predicted octanol–water partition coefficient (Wildman–Crippen LogP) is 2.88. The molecule has 1 saturated carbocycles. The maximum atomic E-state index is 11.2. The van der Waals surface area contributed by atoms with Crippen LogP contribution < -0.4 is 4.90 Å². The van der Waals surface area contributed by atoms with E-state index in [1.807, 2.05) is 6.07 Å². The molecule has 1 aromatic rings. The molecule has 2 rings (SSSR count). The Morgan fingerprint density at radius 3 is 2.44 bits per heavy atom. The third-order valence-electron chi connectivity index (χ3n) is 3.39. The third-order valence-corrected chi connectivity index (χ3v) is 3.39. The minimum absolute atomic E-state index is 0.443. The molecule has 0 N–H and O–H groups in total. The van der Waals surface area contributed by atoms with Crippen molar-refractivity contribution in [2.24, 2.45) is 5.92 Å². The number of Topliss-reactive ketones (excluding diaryl/α,β-unsaturated/α-hetero) is 1. The fourth-order valence-electron chi connectivity index (χ4n) is 2.36. The monoisotopic (exact) mass is 217 g/mol. The van der Waals surface area contributed by atoms with Crippen LogP contribution in [0.25, 0.3) is 0 Å². The summed E-state index contributed by atoms with van der Waals surface area (Å²) in [4.78, 5) is 13.4. The van der Waals surface area contributed by atoms with E-state index in [1.54, 1.807) is 0 Å². The third kappa shape index (κ3) is 2.84. The minimum atomic E-state index is 0.443. The van der Waals surface area contributed by atoms with Gasteiger partial charge in [-0.25, -0.2) is 0 Å². The van der Waals surface area contributed by atoms with Gasteiger partial charge in [0.1, 0.15) is 5.78 Å². The highest BCUT2D eigenvalue weighted by molar-refractivity contribution is 5.79. The van der Waals surface area contributed by atoms with Crippen molar-refractivity contribution >= 4 is 11.5 Å². The quantitative estimate of drug-likeness (QED) is 0.776. The summed E-state index contributed by atoms with van der Waals surface area (Å²) in [6.07, 6.45) is 3.70. The molecule has 0 saturated heterocycles. The van der Waals surface area contributed by atoms with Crippen LogP contribution >= 0.6 is 0 Å². The van der Waals surface area contributed by atoms with Gasteiger partial charge in [0, 0.05) is 32.1 Å². The lowest BCUT2D eigenvalue weighted by Crippen LogP contribution is -2.28. The molecule has 0 spiro atoms. The normalized spacial score (nSPS) is 17.4. The Hall–Kier alpha value is -1.31. The van der Waals surface area contributed by atoms with Gasteiger partial charge in [-0.1, -0.05) is 18.2 Å². The van der Waals surface area contributed by atoms with E-state index in [2.05, 4.69) is 36.2 Å². The summed E-state index contributed by atoms with van der Waals surface area (Å²) in [6, 6.07) is 10.4. The molecule has 1 fully saturated rings. The van der Waals surface area contributed by atoms with Crippen LogP contribution in [0, 0.1) is 5.92 Å². The number of hydrogen-bond acceptors (Lipinski definition) is 2. The fourth-order valence-corrected chi connectivity index (χ4v) is 2.36. The summed E-state index contributed by atoms with van der Waals surface area (Å²) >= 11 is 0. The highest BCUT2D eigenvalue weighted by atomic mass is 16.1. The Morgan fingerprint density at radius 2 is 1.81 bits per heavy atom. The molecule has 86 valence electrons. The summed E-state index contributed by atoms with van der Waals surface area (Å²) in [5, 5.41) is 0. The van der Waals surface area contributed by atoms with E-state index in [0.717, 1.165) is 32.2 Å². The van der Waals surface area contributed by atoms with E-state index in [1.165, 1.54) is 5.69 Å². The molecule has 2 nitrogen and oxygen atoms in total. The number of benzene rings is 1. The van der Waals surface area contributed by atoms with E-state index in [4.69, 9.17) is 0 Å². The Morgan fingerprint density at radius 1 is 1.19 bits per heavy atom. The van der Waals surface area contributed by atoms with Crippen LogP contribution in [0.2, 0.25) is 0 Å². The molecule has 0 amide bonds. The highest BCUT2D eigenvalue weighted by Crippen LogP contribution is 2.23. The first-order valence-electron chi connectivity index (χ1n) is 6.03. The van der Waals surface area contributed by atoms with Gasteiger partial charge in [0.25, 0.3) is 0 Å². The number of carbonyl (C=O) groups is 1. The van der Waals surface area contributed by atoms with E-state index < -0.39 is 0 Å². The molecule has 0 bridgehead atoms. The Labute approximate surface area is 97.3 Å². The predicted molar refractivity (Wildman–Crippen MR) is 66.7 cm³/mol. The van der Waals surface area contributed by atoms with Crippen molar-refractivity contribution in [3.8, 4) is 0 Å². The van der Waals surface area contributed by atoms with Crippen LogP contribution in [-0.2, 0) is 4.79 Å². The van der Waals surface area contributed by atoms with Gasteiger partial charge >= 0.3 is 0 Å². The number of hydrogen-bond donors (Lipinski definition) is 0. The average molecular weight is 217 g/mol. The molecule has 0 heterocycles. The smallest absolute Gasteiger partial charge is 0.132 e. The first-order chi connectivity index (χ1) is 7.75. The number of para-hydroxylation sites is 1. The maximum absolute atomic E-state index is 11.2. The largest absolute Gasteiger partial charge is 0.374 e. The lowest BCUT2D eigenvalue weighted by atomic mass is 9.88. The molecule has 16 heavy (non-hydrogen) atoms. The molecular weight excluding hydrogens is 198 g/mol. The molecule has 0 unspecified atom stereocenters. The van der Waals surface area contributed by atoms with Gasteiger partial charge in [-0.15, -0.1) is 0 Å². The SMILES string of the molecule is CN(CC1CCC(=O)CC1)c1ccccc1. The van der Waals surface area contributed by atoms with E-state index in [-0.39, 0.29) is 0 Å². The lowest BCUT2D eigenvalue weighted by molar-refractivity contribution is -0.120. The molecule has 0 atom stereocenters. The average Bonchev–Trinajstić information content (AvgIpc) is 2.33. The number of nitrogens with zero attached hydrogens (tertiary/aromatic N) is 1. The van der Waals surface area contributed by atoms with Crippen molar-refractivity contribution in [3.05, 3.63) is 30.3 Å². The topological polar surface area (TPSA) is 20.3 Å². The van der Waals surface area contributed by atoms with Gasteiger partial charge in [0.05, 0.1) is 0 Å². The maximum Gasteiger partial charge on any atom is 0.132 e. The number of rotatable bonds is 3. The van der Waals surface area contributed by atoms with Gasteiger partial charge in [0.2, 0.25) is 0 Å². The zero-order valence-electron chi connectivity index (χ0n) is 9.86. The number of carbonyl (C=O) groups excluding carboxylic acids is 1. The second-order valence-corrected chi connectivity index (χ2v) is 4.70. The highest BCUT2D eigenvalue weighted by Gasteiger charge is 2.19. The van der Waals surface area contributed by atoms with Gasteiger partial charge in [-0.05, 0) is 30.9 Å². The van der Waals surface area contributed by atoms with Crippen LogP contribution in [-0.4, -0.2) is 19.4 Å². The van der Waals surface area contributed by atoms with Crippen molar-refractivity contribution in [1.82, 2.24) is 0 Å².